The first-order chi connectivity index (χ1) is 14.8. The van der Waals surface area contributed by atoms with E-state index in [1.54, 1.807) is 0 Å². The average Bonchev–Trinajstić information content (AvgIpc) is 3.39. The lowest BCUT2D eigenvalue weighted by atomic mass is 10.0. The number of hydrogen-bond donors (Lipinski definition) is 1. The van der Waals surface area contributed by atoms with E-state index in [-0.39, 0.29) is 12.4 Å². The van der Waals surface area contributed by atoms with E-state index in [0.717, 1.165) is 69.8 Å². The molecule has 0 saturated heterocycles. The van der Waals surface area contributed by atoms with Gasteiger partial charge in [-0.1, -0.05) is 48.5 Å². The predicted octanol–water partition coefficient (Wildman–Crippen LogP) is 6.21. The average molecular weight is 428 g/mol. The largest absolute Gasteiger partial charge is 0.456 e. The van der Waals surface area contributed by atoms with Crippen LogP contribution in [0.5, 0.6) is 0 Å². The van der Waals surface area contributed by atoms with Crippen LogP contribution in [0.25, 0.3) is 33.2 Å². The fourth-order valence-corrected chi connectivity index (χ4v) is 4.41. The number of para-hydroxylation sites is 1. The maximum absolute atomic E-state index is 6.65. The number of hydrogen-bond acceptors (Lipinski definition) is 4. The molecule has 4 nitrogen and oxygen atoms in total. The summed E-state index contributed by atoms with van der Waals surface area (Å²) in [7, 11) is 0. The van der Waals surface area contributed by atoms with Crippen molar-refractivity contribution in [2.45, 2.75) is 13.0 Å². The van der Waals surface area contributed by atoms with Crippen LogP contribution in [0.3, 0.4) is 0 Å². The van der Waals surface area contributed by atoms with Crippen LogP contribution < -0.4 is 10.6 Å². The van der Waals surface area contributed by atoms with E-state index in [9.17, 15) is 0 Å². The molecule has 2 aromatic heterocycles. The zero-order chi connectivity index (χ0) is 20.1. The molecule has 0 spiro atoms. The fraction of sp³-hybridized carbons (Fsp3) is 0.115. The first kappa shape index (κ1) is 19.5. The number of rotatable bonds is 3. The van der Waals surface area contributed by atoms with Crippen LogP contribution in [0.2, 0.25) is 0 Å². The van der Waals surface area contributed by atoms with Gasteiger partial charge >= 0.3 is 0 Å². The third-order valence-electron chi connectivity index (χ3n) is 5.97. The number of pyridine rings is 1. The van der Waals surface area contributed by atoms with Crippen LogP contribution in [0, 0.1) is 0 Å². The van der Waals surface area contributed by atoms with Gasteiger partial charge in [-0.05, 0) is 42.3 Å². The second-order valence-corrected chi connectivity index (χ2v) is 7.87. The van der Waals surface area contributed by atoms with E-state index in [0.29, 0.717) is 0 Å². The highest BCUT2D eigenvalue weighted by Gasteiger charge is 2.25. The van der Waals surface area contributed by atoms with Gasteiger partial charge in [-0.2, -0.15) is 0 Å². The highest BCUT2D eigenvalue weighted by Crippen LogP contribution is 2.38. The number of anilines is 2. The van der Waals surface area contributed by atoms with Crippen LogP contribution in [-0.2, 0) is 13.0 Å². The third kappa shape index (κ3) is 3.29. The standard InChI is InChI=1S/C26H21N3O.ClH/c27-25-20-12-13-29(16-17-6-2-1-3-7-17)26(20)28-22-11-10-19(14-21(22)25)24-15-18-8-4-5-9-23(18)30-24;/h1-11,14-15H,12-13,16H2,(H2,27,28);1H. The number of nitrogens with two attached hydrogens (primary N) is 1. The first-order valence-electron chi connectivity index (χ1n) is 10.3. The summed E-state index contributed by atoms with van der Waals surface area (Å²) in [6.07, 6.45) is 0.922. The Morgan fingerprint density at radius 2 is 1.74 bits per heavy atom. The molecule has 3 heterocycles. The van der Waals surface area contributed by atoms with E-state index < -0.39 is 0 Å². The lowest BCUT2D eigenvalue weighted by Gasteiger charge is -2.19. The van der Waals surface area contributed by atoms with Crippen molar-refractivity contribution in [1.82, 2.24) is 4.98 Å². The van der Waals surface area contributed by atoms with Crippen LogP contribution in [0.1, 0.15) is 11.1 Å². The summed E-state index contributed by atoms with van der Waals surface area (Å²) >= 11 is 0. The topological polar surface area (TPSA) is 55.3 Å². The van der Waals surface area contributed by atoms with Gasteiger partial charge in [-0.3, -0.25) is 0 Å². The molecule has 0 amide bonds. The van der Waals surface area contributed by atoms with Crippen molar-refractivity contribution in [2.75, 3.05) is 17.2 Å². The molecular formula is C26H22ClN3O. The van der Waals surface area contributed by atoms with Gasteiger partial charge in [0.15, 0.2) is 0 Å². The number of halogens is 1. The van der Waals surface area contributed by atoms with E-state index in [1.807, 2.05) is 30.3 Å². The summed E-state index contributed by atoms with van der Waals surface area (Å²) in [6, 6.07) is 26.9. The Morgan fingerprint density at radius 1 is 0.935 bits per heavy atom. The monoisotopic (exact) mass is 427 g/mol. The smallest absolute Gasteiger partial charge is 0.135 e. The molecule has 5 heteroatoms. The molecule has 5 aromatic rings. The molecule has 0 unspecified atom stereocenters. The summed E-state index contributed by atoms with van der Waals surface area (Å²) in [5.41, 5.74) is 12.8. The summed E-state index contributed by atoms with van der Waals surface area (Å²) in [6.45, 7) is 1.79. The normalized spacial score (nSPS) is 12.8. The number of furan rings is 1. The van der Waals surface area contributed by atoms with Gasteiger partial charge in [-0.15, -0.1) is 12.4 Å². The molecule has 0 atom stereocenters. The number of benzene rings is 3. The molecule has 1 aliphatic rings. The second kappa shape index (κ2) is 7.64. The van der Waals surface area contributed by atoms with E-state index >= 15 is 0 Å². The van der Waals surface area contributed by atoms with Crippen molar-refractivity contribution in [3.8, 4) is 11.3 Å². The number of nitrogens with zero attached hydrogens (tertiary/aromatic N) is 2. The number of nitrogen functional groups attached to an aromatic ring is 1. The fourth-order valence-electron chi connectivity index (χ4n) is 4.41. The highest BCUT2D eigenvalue weighted by atomic mass is 35.5. The van der Waals surface area contributed by atoms with E-state index in [1.165, 1.54) is 5.56 Å². The zero-order valence-electron chi connectivity index (χ0n) is 16.9. The predicted molar refractivity (Wildman–Crippen MR) is 130 cm³/mol. The van der Waals surface area contributed by atoms with Crippen molar-refractivity contribution in [3.63, 3.8) is 0 Å². The second-order valence-electron chi connectivity index (χ2n) is 7.87. The Kier molecular flexibility index (Phi) is 4.79. The molecule has 3 aromatic carbocycles. The minimum atomic E-state index is 0. The van der Waals surface area contributed by atoms with E-state index in [2.05, 4.69) is 53.4 Å². The molecule has 0 aliphatic carbocycles. The van der Waals surface area contributed by atoms with Crippen LogP contribution in [0.15, 0.2) is 83.3 Å². The number of fused-ring (bicyclic) bond motifs is 3. The van der Waals surface area contributed by atoms with Crippen molar-refractivity contribution in [2.24, 2.45) is 0 Å². The Hall–Kier alpha value is -3.50. The molecule has 6 rings (SSSR count). The van der Waals surface area contributed by atoms with Crippen LogP contribution >= 0.6 is 12.4 Å². The minimum Gasteiger partial charge on any atom is -0.456 e. The Morgan fingerprint density at radius 3 is 2.58 bits per heavy atom. The lowest BCUT2D eigenvalue weighted by molar-refractivity contribution is 0.631. The molecule has 154 valence electrons. The summed E-state index contributed by atoms with van der Waals surface area (Å²) in [5, 5.41) is 2.09. The van der Waals surface area contributed by atoms with Gasteiger partial charge in [0.1, 0.15) is 17.2 Å². The molecule has 1 aliphatic heterocycles. The van der Waals surface area contributed by atoms with Gasteiger partial charge in [0, 0.05) is 40.7 Å². The van der Waals surface area contributed by atoms with Gasteiger partial charge in [-0.25, -0.2) is 4.98 Å². The summed E-state index contributed by atoms with van der Waals surface area (Å²) < 4.78 is 6.05. The Bertz CT molecular complexity index is 1360. The minimum absolute atomic E-state index is 0. The summed E-state index contributed by atoms with van der Waals surface area (Å²) in [5.74, 6) is 1.86. The lowest BCUT2D eigenvalue weighted by Crippen LogP contribution is -2.20. The van der Waals surface area contributed by atoms with Crippen molar-refractivity contribution < 1.29 is 4.42 Å². The Labute approximate surface area is 186 Å². The summed E-state index contributed by atoms with van der Waals surface area (Å²) in [4.78, 5) is 7.31. The molecule has 31 heavy (non-hydrogen) atoms. The highest BCUT2D eigenvalue weighted by molar-refractivity contribution is 5.98. The van der Waals surface area contributed by atoms with Gasteiger partial charge in [0.05, 0.1) is 5.52 Å². The van der Waals surface area contributed by atoms with E-state index in [4.69, 9.17) is 15.1 Å². The third-order valence-corrected chi connectivity index (χ3v) is 5.97. The first-order valence-corrected chi connectivity index (χ1v) is 10.3. The van der Waals surface area contributed by atoms with Gasteiger partial charge in [0.2, 0.25) is 0 Å². The van der Waals surface area contributed by atoms with Crippen LogP contribution in [-0.4, -0.2) is 11.5 Å². The SMILES string of the molecule is Cl.Nc1c2c(nc3ccc(-c4cc5ccccc5o4)cc13)N(Cc1ccccc1)CC2. The molecule has 0 fully saturated rings. The molecule has 0 radical (unpaired) electrons. The molecule has 2 N–H and O–H groups in total. The van der Waals surface area contributed by atoms with Crippen molar-refractivity contribution in [3.05, 3.63) is 90.0 Å². The zero-order valence-corrected chi connectivity index (χ0v) is 17.7. The maximum atomic E-state index is 6.65. The van der Waals surface area contributed by atoms with Crippen LogP contribution in [0.4, 0.5) is 11.5 Å². The molecule has 0 bridgehead atoms. The Balaban J connectivity index is 0.00000204. The quantitative estimate of drug-likeness (QED) is 0.371. The number of aromatic nitrogens is 1. The van der Waals surface area contributed by atoms with Gasteiger partial charge < -0.3 is 15.1 Å². The van der Waals surface area contributed by atoms with Crippen molar-refractivity contribution >= 4 is 45.8 Å². The van der Waals surface area contributed by atoms with Crippen molar-refractivity contribution in [1.29, 1.82) is 0 Å². The van der Waals surface area contributed by atoms with Gasteiger partial charge in [0.25, 0.3) is 0 Å². The molecular weight excluding hydrogens is 406 g/mol. The molecule has 0 saturated carbocycles. The maximum Gasteiger partial charge on any atom is 0.135 e.